The lowest BCUT2D eigenvalue weighted by Crippen LogP contribution is -2.53. The SMILES string of the molecule is NCCCCCNC(=O)[C@@H](O)[C@@H](O)[C@H](O)[C@H](O)C(=O)CO. The van der Waals surface area contributed by atoms with E-state index in [1.807, 2.05) is 0 Å². The van der Waals surface area contributed by atoms with Gasteiger partial charge in [0, 0.05) is 6.54 Å². The van der Waals surface area contributed by atoms with Crippen molar-refractivity contribution in [3.63, 3.8) is 0 Å². The van der Waals surface area contributed by atoms with Crippen LogP contribution in [0, 0.1) is 0 Å². The van der Waals surface area contributed by atoms with E-state index < -0.39 is 42.7 Å². The zero-order valence-corrected chi connectivity index (χ0v) is 11.7. The molecule has 0 heterocycles. The van der Waals surface area contributed by atoms with Crippen molar-refractivity contribution in [1.82, 2.24) is 5.32 Å². The van der Waals surface area contributed by atoms with Crippen LogP contribution < -0.4 is 11.1 Å². The van der Waals surface area contributed by atoms with E-state index in [9.17, 15) is 30.0 Å². The predicted molar refractivity (Wildman–Crippen MR) is 72.0 cm³/mol. The Morgan fingerprint density at radius 1 is 0.952 bits per heavy atom. The van der Waals surface area contributed by atoms with Crippen molar-refractivity contribution in [2.45, 2.75) is 43.7 Å². The molecule has 0 saturated heterocycles. The highest BCUT2D eigenvalue weighted by molar-refractivity contribution is 5.85. The van der Waals surface area contributed by atoms with Gasteiger partial charge in [-0.2, -0.15) is 0 Å². The Balaban J connectivity index is 4.25. The predicted octanol–water partition coefficient (Wildman–Crippen LogP) is -3.76. The van der Waals surface area contributed by atoms with Crippen LogP contribution in [0.2, 0.25) is 0 Å². The molecule has 0 aromatic heterocycles. The van der Waals surface area contributed by atoms with Gasteiger partial charge in [0.25, 0.3) is 5.91 Å². The van der Waals surface area contributed by atoms with Gasteiger partial charge < -0.3 is 36.6 Å². The topological polar surface area (TPSA) is 173 Å². The fourth-order valence-electron chi connectivity index (χ4n) is 1.57. The summed E-state index contributed by atoms with van der Waals surface area (Å²) in [7, 11) is 0. The largest absolute Gasteiger partial charge is 0.388 e. The molecule has 0 rings (SSSR count). The van der Waals surface area contributed by atoms with Crippen LogP contribution >= 0.6 is 0 Å². The molecule has 0 fully saturated rings. The van der Waals surface area contributed by atoms with Crippen LogP contribution in [-0.4, -0.2) is 81.3 Å². The Morgan fingerprint density at radius 2 is 1.52 bits per heavy atom. The van der Waals surface area contributed by atoms with Crippen LogP contribution in [0.5, 0.6) is 0 Å². The van der Waals surface area contributed by atoms with Gasteiger partial charge in [0.2, 0.25) is 0 Å². The number of amides is 1. The van der Waals surface area contributed by atoms with Crippen LogP contribution in [0.1, 0.15) is 19.3 Å². The Labute approximate surface area is 122 Å². The second kappa shape index (κ2) is 10.6. The van der Waals surface area contributed by atoms with Crippen molar-refractivity contribution >= 4 is 11.7 Å². The number of rotatable bonds is 11. The average Bonchev–Trinajstić information content (AvgIpc) is 2.50. The monoisotopic (exact) mass is 308 g/mol. The average molecular weight is 308 g/mol. The molecule has 21 heavy (non-hydrogen) atoms. The number of hydrogen-bond donors (Lipinski definition) is 7. The molecule has 0 aromatic rings. The molecule has 0 aromatic carbocycles. The third kappa shape index (κ3) is 6.93. The minimum absolute atomic E-state index is 0.261. The van der Waals surface area contributed by atoms with Gasteiger partial charge in [-0.1, -0.05) is 6.42 Å². The first kappa shape index (κ1) is 19.9. The molecule has 1 amide bonds. The number of carbonyl (C=O) groups excluding carboxylic acids is 2. The molecule has 8 N–H and O–H groups in total. The second-order valence-corrected chi connectivity index (χ2v) is 4.64. The first-order valence-electron chi connectivity index (χ1n) is 6.70. The summed E-state index contributed by atoms with van der Waals surface area (Å²) in [5.41, 5.74) is 5.30. The van der Waals surface area contributed by atoms with E-state index in [4.69, 9.17) is 10.8 Å². The quantitative estimate of drug-likeness (QED) is 0.190. The molecule has 0 radical (unpaired) electrons. The van der Waals surface area contributed by atoms with Crippen molar-refractivity contribution in [2.24, 2.45) is 5.73 Å². The number of aliphatic hydroxyl groups excluding tert-OH is 5. The summed E-state index contributed by atoms with van der Waals surface area (Å²) in [6.45, 7) is -0.233. The fraction of sp³-hybridized carbons (Fsp3) is 0.833. The van der Waals surface area contributed by atoms with Crippen molar-refractivity contribution in [1.29, 1.82) is 0 Å². The van der Waals surface area contributed by atoms with E-state index >= 15 is 0 Å². The zero-order valence-electron chi connectivity index (χ0n) is 11.7. The maximum absolute atomic E-state index is 11.5. The Morgan fingerprint density at radius 3 is 2.05 bits per heavy atom. The molecular formula is C12H24N2O7. The Bertz CT molecular complexity index is 327. The van der Waals surface area contributed by atoms with E-state index in [0.717, 1.165) is 12.8 Å². The molecule has 0 unspecified atom stereocenters. The number of ketones is 1. The first-order chi connectivity index (χ1) is 9.86. The molecule has 4 atom stereocenters. The standard InChI is InChI=1S/C12H24N2O7/c13-4-2-1-3-5-14-12(21)11(20)10(19)9(18)8(17)7(16)6-15/h8-11,15,17-20H,1-6,13H2,(H,14,21)/t8-,9-,10+,11+/m1/s1. The van der Waals surface area contributed by atoms with Crippen molar-refractivity contribution in [3.8, 4) is 0 Å². The fourth-order valence-corrected chi connectivity index (χ4v) is 1.57. The van der Waals surface area contributed by atoms with Gasteiger partial charge in [0.15, 0.2) is 11.9 Å². The van der Waals surface area contributed by atoms with Gasteiger partial charge >= 0.3 is 0 Å². The van der Waals surface area contributed by atoms with Gasteiger partial charge in [0.05, 0.1) is 0 Å². The molecule has 0 saturated carbocycles. The summed E-state index contributed by atoms with van der Waals surface area (Å²) in [5.74, 6) is -2.06. The molecular weight excluding hydrogens is 284 g/mol. The Hall–Kier alpha value is -1.10. The minimum atomic E-state index is -2.09. The van der Waals surface area contributed by atoms with Gasteiger partial charge in [-0.3, -0.25) is 9.59 Å². The number of carbonyl (C=O) groups is 2. The first-order valence-corrected chi connectivity index (χ1v) is 6.70. The highest BCUT2D eigenvalue weighted by Crippen LogP contribution is 2.06. The highest BCUT2D eigenvalue weighted by Gasteiger charge is 2.36. The van der Waals surface area contributed by atoms with Crippen LogP contribution in [0.15, 0.2) is 0 Å². The second-order valence-electron chi connectivity index (χ2n) is 4.64. The maximum atomic E-state index is 11.5. The van der Waals surface area contributed by atoms with E-state index in [0.29, 0.717) is 13.0 Å². The summed E-state index contributed by atoms with van der Waals surface area (Å²) in [5, 5.41) is 48.7. The van der Waals surface area contributed by atoms with Crippen LogP contribution in [0.3, 0.4) is 0 Å². The van der Waals surface area contributed by atoms with Crippen molar-refractivity contribution in [2.75, 3.05) is 19.7 Å². The summed E-state index contributed by atoms with van der Waals surface area (Å²) in [6, 6.07) is 0. The van der Waals surface area contributed by atoms with E-state index in [1.165, 1.54) is 0 Å². The smallest absolute Gasteiger partial charge is 0.251 e. The lowest BCUT2D eigenvalue weighted by atomic mass is 10.00. The number of hydrogen-bond acceptors (Lipinski definition) is 8. The lowest BCUT2D eigenvalue weighted by Gasteiger charge is -2.24. The lowest BCUT2D eigenvalue weighted by molar-refractivity contribution is -0.155. The third-order valence-electron chi connectivity index (χ3n) is 2.93. The number of aliphatic hydroxyl groups is 5. The molecule has 9 nitrogen and oxygen atoms in total. The molecule has 0 aliphatic heterocycles. The van der Waals surface area contributed by atoms with Gasteiger partial charge in [-0.15, -0.1) is 0 Å². The highest BCUT2D eigenvalue weighted by atomic mass is 16.4. The van der Waals surface area contributed by atoms with Crippen molar-refractivity contribution < 1.29 is 35.1 Å². The van der Waals surface area contributed by atoms with Crippen molar-refractivity contribution in [3.05, 3.63) is 0 Å². The maximum Gasteiger partial charge on any atom is 0.251 e. The molecule has 0 aliphatic carbocycles. The Kier molecular flexibility index (Phi) is 10.0. The van der Waals surface area contributed by atoms with Crippen LogP contribution in [0.25, 0.3) is 0 Å². The van der Waals surface area contributed by atoms with E-state index in [2.05, 4.69) is 5.32 Å². The molecule has 0 spiro atoms. The molecule has 9 heteroatoms. The summed E-state index contributed by atoms with van der Waals surface area (Å²) in [6.07, 6.45) is -5.99. The number of nitrogens with two attached hydrogens (primary N) is 1. The van der Waals surface area contributed by atoms with Crippen LogP contribution in [-0.2, 0) is 9.59 Å². The van der Waals surface area contributed by atoms with Gasteiger partial charge in [-0.25, -0.2) is 0 Å². The summed E-state index contributed by atoms with van der Waals surface area (Å²) in [4.78, 5) is 22.5. The number of Topliss-reactive ketones (excluding diaryl/α,β-unsaturated/α-hetero) is 1. The minimum Gasteiger partial charge on any atom is -0.388 e. The van der Waals surface area contributed by atoms with Crippen LogP contribution in [0.4, 0.5) is 0 Å². The number of nitrogens with one attached hydrogen (secondary N) is 1. The third-order valence-corrected chi connectivity index (χ3v) is 2.93. The van der Waals surface area contributed by atoms with Gasteiger partial charge in [-0.05, 0) is 19.4 Å². The van der Waals surface area contributed by atoms with E-state index in [-0.39, 0.29) is 6.54 Å². The molecule has 0 aliphatic rings. The van der Waals surface area contributed by atoms with Gasteiger partial charge in [0.1, 0.15) is 24.9 Å². The molecule has 0 bridgehead atoms. The normalized spacial score (nSPS) is 16.9. The van der Waals surface area contributed by atoms with E-state index in [1.54, 1.807) is 0 Å². The number of unbranched alkanes of at least 4 members (excludes halogenated alkanes) is 2. The molecule has 124 valence electrons. The summed E-state index contributed by atoms with van der Waals surface area (Å²) < 4.78 is 0. The summed E-state index contributed by atoms with van der Waals surface area (Å²) >= 11 is 0. The zero-order chi connectivity index (χ0) is 16.4.